The summed E-state index contributed by atoms with van der Waals surface area (Å²) in [5.74, 6) is 3.20. The number of para-hydroxylation sites is 4. The van der Waals surface area contributed by atoms with Gasteiger partial charge in [-0.2, -0.15) is 0 Å². The van der Waals surface area contributed by atoms with E-state index in [0.717, 1.165) is 11.8 Å². The second-order valence-electron chi connectivity index (χ2n) is 20.2. The molecule has 0 radical (unpaired) electrons. The zero-order chi connectivity index (χ0) is 39.6. The normalized spacial score (nSPS) is 23.9. The van der Waals surface area contributed by atoms with Gasteiger partial charge in [0.15, 0.2) is 0 Å². The Kier molecular flexibility index (Phi) is 6.55. The molecule has 60 heavy (non-hydrogen) atoms. The van der Waals surface area contributed by atoms with Gasteiger partial charge in [-0.15, -0.1) is 0 Å². The van der Waals surface area contributed by atoms with E-state index in [1.807, 2.05) is 0 Å². The number of benzene rings is 7. The highest BCUT2D eigenvalue weighted by molar-refractivity contribution is 7.00. The fourth-order valence-electron chi connectivity index (χ4n) is 14.3. The lowest BCUT2D eigenvalue weighted by Crippen LogP contribution is -2.64. The van der Waals surface area contributed by atoms with Crippen LogP contribution >= 0.6 is 0 Å². The molecule has 3 nitrogen and oxygen atoms in total. The predicted molar refractivity (Wildman–Crippen MR) is 251 cm³/mol. The van der Waals surface area contributed by atoms with Gasteiger partial charge in [0.25, 0.3) is 6.71 Å². The van der Waals surface area contributed by atoms with Crippen molar-refractivity contribution in [2.75, 3.05) is 9.80 Å². The summed E-state index contributed by atoms with van der Waals surface area (Å²) in [6, 6.07) is 58.9. The molecule has 4 heteroatoms. The molecule has 1 spiro atoms. The van der Waals surface area contributed by atoms with Crippen molar-refractivity contribution in [2.24, 2.45) is 23.7 Å². The Labute approximate surface area is 353 Å². The molecule has 7 aromatic carbocycles. The topological polar surface area (TPSA) is 11.4 Å². The quantitative estimate of drug-likeness (QED) is 0.162. The van der Waals surface area contributed by atoms with Crippen LogP contribution in [0.15, 0.2) is 152 Å². The van der Waals surface area contributed by atoms with Crippen molar-refractivity contribution in [3.63, 3.8) is 0 Å². The summed E-state index contributed by atoms with van der Waals surface area (Å²) in [5, 5.41) is 2.59. The highest BCUT2D eigenvalue weighted by Gasteiger charge is 2.62. The van der Waals surface area contributed by atoms with Gasteiger partial charge in [0, 0.05) is 50.3 Å². The molecule has 4 bridgehead atoms. The number of hydrogen-bond acceptors (Lipinski definition) is 2. The maximum Gasteiger partial charge on any atom is 0.252 e. The molecule has 0 N–H and O–H groups in total. The molecule has 4 heterocycles. The predicted octanol–water partition coefficient (Wildman–Crippen LogP) is 12.2. The minimum atomic E-state index is 0.0596. The SMILES string of the molecule is CC(C)(C)c1ccc(N2c3ccc(-n4c5ccccc5c5ccccc54)cc3B3c4cccc5c4N(c4ccccc4C54C5CC6CC(C5)CC4C6)c4cccc2c43)cc1. The Hall–Kier alpha value is -6.00. The van der Waals surface area contributed by atoms with Crippen LogP contribution in [-0.2, 0) is 10.8 Å². The average molecular weight is 774 g/mol. The van der Waals surface area contributed by atoms with Gasteiger partial charge in [0.2, 0.25) is 0 Å². The summed E-state index contributed by atoms with van der Waals surface area (Å²) >= 11 is 0. The summed E-state index contributed by atoms with van der Waals surface area (Å²) in [7, 11) is 0. The second-order valence-corrected chi connectivity index (χ2v) is 20.2. The van der Waals surface area contributed by atoms with Gasteiger partial charge in [-0.05, 0) is 155 Å². The molecule has 0 unspecified atom stereocenters. The van der Waals surface area contributed by atoms with E-state index in [2.05, 4.69) is 187 Å². The van der Waals surface area contributed by atoms with E-state index in [1.165, 1.54) is 116 Å². The van der Waals surface area contributed by atoms with Crippen LogP contribution in [0.2, 0.25) is 0 Å². The summed E-state index contributed by atoms with van der Waals surface area (Å²) in [6.45, 7) is 7.00. The van der Waals surface area contributed by atoms with E-state index in [1.54, 1.807) is 11.1 Å². The number of anilines is 6. The third-order valence-electron chi connectivity index (χ3n) is 16.3. The molecule has 290 valence electrons. The van der Waals surface area contributed by atoms with Gasteiger partial charge in [-0.1, -0.05) is 112 Å². The summed E-state index contributed by atoms with van der Waals surface area (Å²) in [6.07, 6.45) is 6.97. The molecule has 7 aliphatic rings. The van der Waals surface area contributed by atoms with E-state index in [4.69, 9.17) is 0 Å². The monoisotopic (exact) mass is 773 g/mol. The van der Waals surface area contributed by atoms with Gasteiger partial charge < -0.3 is 14.4 Å². The van der Waals surface area contributed by atoms with Crippen LogP contribution in [0.1, 0.15) is 69.6 Å². The lowest BCUT2D eigenvalue weighted by Gasteiger charge is -2.64. The number of fused-ring (bicyclic) bond motifs is 9. The maximum atomic E-state index is 2.72. The van der Waals surface area contributed by atoms with E-state index in [-0.39, 0.29) is 17.5 Å². The largest absolute Gasteiger partial charge is 0.311 e. The van der Waals surface area contributed by atoms with Crippen molar-refractivity contribution in [3.05, 3.63) is 168 Å². The molecule has 15 rings (SSSR count). The van der Waals surface area contributed by atoms with Crippen LogP contribution in [0.25, 0.3) is 27.5 Å². The van der Waals surface area contributed by atoms with Crippen molar-refractivity contribution in [3.8, 4) is 5.69 Å². The van der Waals surface area contributed by atoms with Crippen molar-refractivity contribution in [1.82, 2.24) is 4.57 Å². The lowest BCUT2D eigenvalue weighted by molar-refractivity contribution is -0.0419. The minimum Gasteiger partial charge on any atom is -0.311 e. The van der Waals surface area contributed by atoms with Crippen LogP contribution in [0.5, 0.6) is 0 Å². The Morgan fingerprint density at radius 1 is 0.500 bits per heavy atom. The Morgan fingerprint density at radius 3 is 1.78 bits per heavy atom. The van der Waals surface area contributed by atoms with Gasteiger partial charge in [-0.3, -0.25) is 0 Å². The number of aromatic nitrogens is 1. The van der Waals surface area contributed by atoms with Crippen LogP contribution in [0.3, 0.4) is 0 Å². The highest BCUT2D eigenvalue weighted by atomic mass is 15.2. The molecule has 4 saturated carbocycles. The van der Waals surface area contributed by atoms with E-state index in [0.29, 0.717) is 11.8 Å². The highest BCUT2D eigenvalue weighted by Crippen LogP contribution is 2.69. The fourth-order valence-corrected chi connectivity index (χ4v) is 14.3. The zero-order valence-corrected chi connectivity index (χ0v) is 34.7. The lowest BCUT2D eigenvalue weighted by atomic mass is 9.32. The van der Waals surface area contributed by atoms with Crippen LogP contribution in [0.4, 0.5) is 34.1 Å². The van der Waals surface area contributed by atoms with Gasteiger partial charge >= 0.3 is 0 Å². The van der Waals surface area contributed by atoms with Gasteiger partial charge in [0.1, 0.15) is 0 Å². The molecular formula is C56H48BN3. The smallest absolute Gasteiger partial charge is 0.252 e. The third kappa shape index (κ3) is 4.18. The second kappa shape index (κ2) is 11.6. The average Bonchev–Trinajstić information content (AvgIpc) is 3.60. The molecule has 3 aliphatic heterocycles. The Balaban J connectivity index is 1.06. The first-order valence-corrected chi connectivity index (χ1v) is 22.6. The van der Waals surface area contributed by atoms with Crippen molar-refractivity contribution in [2.45, 2.75) is 63.7 Å². The van der Waals surface area contributed by atoms with E-state index in [9.17, 15) is 0 Å². The first-order chi connectivity index (χ1) is 29.4. The molecule has 4 aliphatic carbocycles. The Morgan fingerprint density at radius 2 is 1.08 bits per heavy atom. The van der Waals surface area contributed by atoms with Gasteiger partial charge in [-0.25, -0.2) is 0 Å². The maximum absolute atomic E-state index is 2.72. The zero-order valence-electron chi connectivity index (χ0n) is 34.7. The number of hydrogen-bond donors (Lipinski definition) is 0. The van der Waals surface area contributed by atoms with Crippen molar-refractivity contribution >= 4 is 79.0 Å². The summed E-state index contributed by atoms with van der Waals surface area (Å²) < 4.78 is 2.50. The first-order valence-electron chi connectivity index (χ1n) is 22.6. The molecule has 4 fully saturated rings. The summed E-state index contributed by atoms with van der Waals surface area (Å²) in [4.78, 5) is 5.28. The molecule has 0 saturated heterocycles. The fraction of sp³-hybridized carbons (Fsp3) is 0.250. The molecular weight excluding hydrogens is 725 g/mol. The summed E-state index contributed by atoms with van der Waals surface area (Å²) in [5.41, 5.74) is 20.6. The van der Waals surface area contributed by atoms with Gasteiger partial charge in [0.05, 0.1) is 16.7 Å². The van der Waals surface area contributed by atoms with Crippen LogP contribution in [0, 0.1) is 23.7 Å². The molecule has 0 atom stereocenters. The molecule has 0 amide bonds. The van der Waals surface area contributed by atoms with Crippen molar-refractivity contribution in [1.29, 1.82) is 0 Å². The minimum absolute atomic E-state index is 0.0596. The van der Waals surface area contributed by atoms with Crippen LogP contribution < -0.4 is 26.2 Å². The number of nitrogens with zero attached hydrogens (tertiary/aromatic N) is 3. The molecule has 1 aromatic heterocycles. The molecule has 8 aromatic rings. The third-order valence-corrected chi connectivity index (χ3v) is 16.3. The van der Waals surface area contributed by atoms with E-state index < -0.39 is 0 Å². The van der Waals surface area contributed by atoms with E-state index >= 15 is 0 Å². The van der Waals surface area contributed by atoms with Crippen LogP contribution in [-0.4, -0.2) is 11.3 Å². The Bertz CT molecular complexity index is 3050. The standard InChI is InChI=1S/C56H48BN3/c1-55(2,3)36-22-24-39(25-23-36)58-50-27-26-40(59-47-17-7-4-12-41(47)42-13-5-8-18-48(42)59)33-46(50)57-45-16-10-15-44-54(45)60(52-21-11-20-51(58)53(52)57)49-19-9-6-14-43(49)56(44)37-29-34-28-35(31-37)32-38(56)30-34/h4-27,33-35,37-38H,28-32H2,1-3H3. The number of rotatable bonds is 2. The van der Waals surface area contributed by atoms with Crippen molar-refractivity contribution < 1.29 is 0 Å². The first kappa shape index (κ1) is 33.8.